The highest BCUT2D eigenvalue weighted by Gasteiger charge is 2.16. The molecule has 0 amide bonds. The van der Waals surface area contributed by atoms with Crippen LogP contribution in [0.1, 0.15) is 25.7 Å². The van der Waals surface area contributed by atoms with Gasteiger partial charge in [-0.05, 0) is 64.0 Å². The maximum absolute atomic E-state index is 7.53. The summed E-state index contributed by atoms with van der Waals surface area (Å²) < 4.78 is 0. The summed E-state index contributed by atoms with van der Waals surface area (Å²) in [7, 11) is 0. The highest BCUT2D eigenvalue weighted by Crippen LogP contribution is 2.24. The standard InChI is InChI=1S/C25H40N12/c26-37-20(17-29-11-3-9-27-10-4-12-30-24-31-15-16-32-24)18-33-25-35-22-6-2-1-5-21(22)23(36-25)34-19-7-13-28-14-8-19/h1-2,5-6,17,19,26-29H,3-4,7-16,18H2,(H2,30,31,32)(H2,33,34,35,36)/b20-17-,37-26?. The highest BCUT2D eigenvalue weighted by atomic mass is 15.2. The number of nitrogens with zero attached hydrogens (tertiary/aromatic N) is 4. The van der Waals surface area contributed by atoms with Gasteiger partial charge in [0.1, 0.15) is 5.82 Å². The van der Waals surface area contributed by atoms with Crippen molar-refractivity contribution < 1.29 is 0 Å². The van der Waals surface area contributed by atoms with Crippen molar-refractivity contribution in [2.45, 2.75) is 31.7 Å². The number of hydrogen-bond donors (Lipinski definition) is 8. The minimum Gasteiger partial charge on any atom is -0.389 e. The number of anilines is 2. The predicted octanol–water partition coefficient (Wildman–Crippen LogP) is 1.59. The van der Waals surface area contributed by atoms with Crippen molar-refractivity contribution in [2.24, 2.45) is 10.1 Å². The fourth-order valence-corrected chi connectivity index (χ4v) is 4.28. The molecule has 3 heterocycles. The van der Waals surface area contributed by atoms with Gasteiger partial charge in [0, 0.05) is 37.3 Å². The summed E-state index contributed by atoms with van der Waals surface area (Å²) in [5.74, 6) is 2.29. The van der Waals surface area contributed by atoms with Crippen LogP contribution in [-0.4, -0.2) is 80.9 Å². The third kappa shape index (κ3) is 8.83. The number of benzene rings is 1. The molecular weight excluding hydrogens is 468 g/mol. The van der Waals surface area contributed by atoms with Gasteiger partial charge in [0.15, 0.2) is 5.96 Å². The van der Waals surface area contributed by atoms with Crippen LogP contribution in [0.3, 0.4) is 0 Å². The van der Waals surface area contributed by atoms with Gasteiger partial charge in [-0.25, -0.2) is 10.5 Å². The van der Waals surface area contributed by atoms with E-state index in [1.807, 2.05) is 24.3 Å². The summed E-state index contributed by atoms with van der Waals surface area (Å²) in [5.41, 5.74) is 9.00. The normalized spacial score (nSPS) is 16.2. The molecular formula is C25H40N12. The zero-order chi connectivity index (χ0) is 25.5. The minimum absolute atomic E-state index is 0.368. The molecule has 0 aliphatic carbocycles. The van der Waals surface area contributed by atoms with E-state index in [0.29, 0.717) is 24.2 Å². The van der Waals surface area contributed by atoms with Gasteiger partial charge >= 0.3 is 0 Å². The van der Waals surface area contributed by atoms with Gasteiger partial charge in [0.2, 0.25) is 5.95 Å². The second-order valence-electron chi connectivity index (χ2n) is 9.18. The van der Waals surface area contributed by atoms with Crippen LogP contribution in [0.4, 0.5) is 11.8 Å². The van der Waals surface area contributed by atoms with Crippen molar-refractivity contribution in [2.75, 3.05) is 69.5 Å². The molecule has 1 fully saturated rings. The smallest absolute Gasteiger partial charge is 0.225 e. The van der Waals surface area contributed by atoms with E-state index < -0.39 is 0 Å². The molecule has 0 unspecified atom stereocenters. The quantitative estimate of drug-likeness (QED) is 0.132. The van der Waals surface area contributed by atoms with Crippen LogP contribution in [0, 0.1) is 5.53 Å². The Morgan fingerprint density at radius 2 is 1.86 bits per heavy atom. The molecule has 2 aromatic rings. The van der Waals surface area contributed by atoms with Crippen LogP contribution in [0.25, 0.3) is 10.9 Å². The van der Waals surface area contributed by atoms with E-state index in [1.54, 1.807) is 6.20 Å². The van der Waals surface area contributed by atoms with Crippen LogP contribution in [0.5, 0.6) is 0 Å². The van der Waals surface area contributed by atoms with E-state index in [0.717, 1.165) is 101 Å². The first-order valence-corrected chi connectivity index (χ1v) is 13.3. The Hall–Kier alpha value is -3.51. The lowest BCUT2D eigenvalue weighted by Crippen LogP contribution is -2.35. The molecule has 2 aliphatic rings. The lowest BCUT2D eigenvalue weighted by Gasteiger charge is -2.25. The fourth-order valence-electron chi connectivity index (χ4n) is 4.28. The number of guanidine groups is 1. The van der Waals surface area contributed by atoms with Crippen LogP contribution >= 0.6 is 0 Å². The van der Waals surface area contributed by atoms with Crippen molar-refractivity contribution in [3.05, 3.63) is 36.2 Å². The highest BCUT2D eigenvalue weighted by molar-refractivity contribution is 5.90. The van der Waals surface area contributed by atoms with Crippen LogP contribution in [0.2, 0.25) is 0 Å². The zero-order valence-corrected chi connectivity index (χ0v) is 21.4. The third-order valence-electron chi connectivity index (χ3n) is 6.29. The van der Waals surface area contributed by atoms with Crippen molar-refractivity contribution >= 4 is 28.6 Å². The number of hydrogen-bond acceptors (Lipinski definition) is 12. The minimum atomic E-state index is 0.368. The molecule has 0 atom stereocenters. The molecule has 200 valence electrons. The number of para-hydroxylation sites is 1. The molecule has 4 rings (SSSR count). The van der Waals surface area contributed by atoms with Gasteiger partial charge in [-0.2, -0.15) is 10.1 Å². The molecule has 1 aromatic carbocycles. The van der Waals surface area contributed by atoms with E-state index in [9.17, 15) is 0 Å². The summed E-state index contributed by atoms with van der Waals surface area (Å²) in [6.45, 7) is 7.81. The number of piperidine rings is 1. The van der Waals surface area contributed by atoms with Crippen molar-refractivity contribution in [1.82, 2.24) is 36.6 Å². The second kappa shape index (κ2) is 14.9. The molecule has 37 heavy (non-hydrogen) atoms. The Labute approximate surface area is 218 Å². The summed E-state index contributed by atoms with van der Waals surface area (Å²) in [6.07, 6.45) is 5.95. The number of rotatable bonds is 15. The van der Waals surface area contributed by atoms with Gasteiger partial charge in [-0.3, -0.25) is 4.99 Å². The maximum atomic E-state index is 7.53. The second-order valence-corrected chi connectivity index (χ2v) is 9.18. The average molecular weight is 509 g/mol. The summed E-state index contributed by atoms with van der Waals surface area (Å²) in [6, 6.07) is 8.43. The Balaban J connectivity index is 1.17. The number of aliphatic imine (C=N–C) groups is 1. The van der Waals surface area contributed by atoms with Gasteiger partial charge < -0.3 is 37.2 Å². The largest absolute Gasteiger partial charge is 0.389 e. The van der Waals surface area contributed by atoms with Crippen LogP contribution in [-0.2, 0) is 0 Å². The Morgan fingerprint density at radius 3 is 2.68 bits per heavy atom. The molecule has 12 nitrogen and oxygen atoms in total. The van der Waals surface area contributed by atoms with Gasteiger partial charge in [0.05, 0.1) is 24.3 Å². The molecule has 8 N–H and O–H groups in total. The Morgan fingerprint density at radius 1 is 1.03 bits per heavy atom. The van der Waals surface area contributed by atoms with Crippen LogP contribution < -0.4 is 37.2 Å². The van der Waals surface area contributed by atoms with Crippen LogP contribution in [0.15, 0.2) is 46.3 Å². The van der Waals surface area contributed by atoms with Gasteiger partial charge in [0.25, 0.3) is 0 Å². The summed E-state index contributed by atoms with van der Waals surface area (Å²) in [5, 5.41) is 28.1. The monoisotopic (exact) mass is 508 g/mol. The fraction of sp³-hybridized carbons (Fsp3) is 0.560. The molecule has 0 spiro atoms. The van der Waals surface area contributed by atoms with E-state index in [2.05, 4.69) is 52.3 Å². The van der Waals surface area contributed by atoms with Crippen molar-refractivity contribution in [3.8, 4) is 0 Å². The Kier molecular flexibility index (Phi) is 10.7. The predicted molar refractivity (Wildman–Crippen MR) is 149 cm³/mol. The molecule has 0 radical (unpaired) electrons. The summed E-state index contributed by atoms with van der Waals surface area (Å²) >= 11 is 0. The van der Waals surface area contributed by atoms with E-state index >= 15 is 0 Å². The number of fused-ring (bicyclic) bond motifs is 1. The lowest BCUT2D eigenvalue weighted by molar-refractivity contribution is 0.478. The number of aromatic nitrogens is 2. The first kappa shape index (κ1) is 26.6. The zero-order valence-electron chi connectivity index (χ0n) is 21.4. The third-order valence-corrected chi connectivity index (χ3v) is 6.29. The molecule has 1 aromatic heterocycles. The van der Waals surface area contributed by atoms with E-state index in [-0.39, 0.29) is 0 Å². The van der Waals surface area contributed by atoms with Gasteiger partial charge in [-0.15, -0.1) is 0 Å². The van der Waals surface area contributed by atoms with Crippen molar-refractivity contribution in [1.29, 1.82) is 5.53 Å². The van der Waals surface area contributed by atoms with Crippen molar-refractivity contribution in [3.63, 3.8) is 0 Å². The van der Waals surface area contributed by atoms with Gasteiger partial charge in [-0.1, -0.05) is 12.1 Å². The SMILES string of the molecule is N=N/C(=C\NCCCNCCCNC1=NCCN1)CNc1nc(NC2CCNCC2)c2ccccc2n1. The maximum Gasteiger partial charge on any atom is 0.225 e. The lowest BCUT2D eigenvalue weighted by atomic mass is 10.1. The number of nitrogens with one attached hydrogen (secondary N) is 8. The molecule has 0 saturated carbocycles. The topological polar surface area (TPSA) is 159 Å². The Bertz CT molecular complexity index is 1050. The molecule has 12 heteroatoms. The first-order valence-electron chi connectivity index (χ1n) is 13.3. The van der Waals surface area contributed by atoms with E-state index in [1.165, 1.54) is 0 Å². The molecule has 2 aliphatic heterocycles. The molecule has 1 saturated heterocycles. The summed E-state index contributed by atoms with van der Waals surface area (Å²) in [4.78, 5) is 13.7. The average Bonchev–Trinajstić information content (AvgIpc) is 3.45. The molecule has 0 bridgehead atoms. The van der Waals surface area contributed by atoms with E-state index in [4.69, 9.17) is 10.5 Å². The first-order chi connectivity index (χ1) is 18.3.